The number of aromatic nitrogens is 1. The normalized spacial score (nSPS) is 12.2. The van der Waals surface area contributed by atoms with E-state index in [2.05, 4.69) is 36.8 Å². The minimum atomic E-state index is -0.310. The summed E-state index contributed by atoms with van der Waals surface area (Å²) in [4.78, 5) is 17.0. The maximum atomic E-state index is 12.4. The molecule has 9 heteroatoms. The van der Waals surface area contributed by atoms with Gasteiger partial charge in [0.2, 0.25) is 6.79 Å². The Hall–Kier alpha value is -3.69. The Labute approximate surface area is 202 Å². The van der Waals surface area contributed by atoms with Crippen LogP contribution in [-0.2, 0) is 0 Å². The van der Waals surface area contributed by atoms with Crippen molar-refractivity contribution in [3.8, 4) is 22.8 Å². The largest absolute Gasteiger partial charge is 0.454 e. The zero-order chi connectivity index (χ0) is 22.6. The van der Waals surface area contributed by atoms with E-state index in [1.807, 2.05) is 53.9 Å². The Bertz CT molecular complexity index is 1320. The van der Waals surface area contributed by atoms with E-state index in [9.17, 15) is 4.79 Å². The van der Waals surface area contributed by atoms with Crippen LogP contribution in [0.2, 0.25) is 0 Å². The molecular formula is C24H17BrN4O3S. The number of halogens is 1. The molecule has 0 unspecified atom stereocenters. The minimum Gasteiger partial charge on any atom is -0.454 e. The lowest BCUT2D eigenvalue weighted by Gasteiger charge is -2.05. The van der Waals surface area contributed by atoms with Crippen LogP contribution in [0.1, 0.15) is 15.9 Å². The summed E-state index contributed by atoms with van der Waals surface area (Å²) in [5.74, 6) is 1.01. The molecule has 0 atom stereocenters. The topological polar surface area (TPSA) is 84.8 Å². The van der Waals surface area contributed by atoms with Gasteiger partial charge < -0.3 is 14.8 Å². The summed E-state index contributed by atoms with van der Waals surface area (Å²) < 4.78 is 11.5. The van der Waals surface area contributed by atoms with Crippen LogP contribution in [0.5, 0.6) is 11.5 Å². The fraction of sp³-hybridized carbons (Fsp3) is 0.0417. The minimum absolute atomic E-state index is 0.195. The number of benzene rings is 3. The van der Waals surface area contributed by atoms with Gasteiger partial charge in [0.25, 0.3) is 5.91 Å². The third-order valence-electron chi connectivity index (χ3n) is 4.83. The highest BCUT2D eigenvalue weighted by molar-refractivity contribution is 9.10. The molecule has 0 spiro atoms. The molecule has 164 valence electrons. The molecule has 0 saturated heterocycles. The quantitative estimate of drug-likeness (QED) is 0.247. The highest BCUT2D eigenvalue weighted by Gasteiger charge is 2.15. The first-order valence-electron chi connectivity index (χ1n) is 9.96. The predicted molar refractivity (Wildman–Crippen MR) is 133 cm³/mol. The van der Waals surface area contributed by atoms with Gasteiger partial charge in [-0.25, -0.2) is 10.4 Å². The molecule has 4 aromatic rings. The molecule has 2 heterocycles. The second kappa shape index (κ2) is 9.43. The van der Waals surface area contributed by atoms with Gasteiger partial charge in [0.05, 0.1) is 11.9 Å². The van der Waals surface area contributed by atoms with Gasteiger partial charge in [-0.3, -0.25) is 4.79 Å². The molecule has 7 nitrogen and oxygen atoms in total. The van der Waals surface area contributed by atoms with Crippen LogP contribution in [0.15, 0.2) is 81.7 Å². The maximum Gasteiger partial charge on any atom is 0.271 e. The molecule has 1 aliphatic rings. The molecule has 1 aliphatic heterocycles. The Morgan fingerprint density at radius 2 is 1.82 bits per heavy atom. The van der Waals surface area contributed by atoms with Crippen molar-refractivity contribution in [1.29, 1.82) is 0 Å². The van der Waals surface area contributed by atoms with Crippen LogP contribution < -0.4 is 20.2 Å². The molecule has 2 N–H and O–H groups in total. The molecule has 5 rings (SSSR count). The van der Waals surface area contributed by atoms with Crippen molar-refractivity contribution in [3.63, 3.8) is 0 Å². The number of hydrazone groups is 1. The molecule has 0 fully saturated rings. The monoisotopic (exact) mass is 520 g/mol. The second-order valence-corrected chi connectivity index (χ2v) is 8.74. The van der Waals surface area contributed by atoms with Gasteiger partial charge in [-0.15, -0.1) is 11.3 Å². The Morgan fingerprint density at radius 1 is 1.06 bits per heavy atom. The van der Waals surface area contributed by atoms with Gasteiger partial charge in [-0.05, 0) is 52.3 Å². The van der Waals surface area contributed by atoms with E-state index in [-0.39, 0.29) is 12.7 Å². The van der Waals surface area contributed by atoms with Gasteiger partial charge in [-0.1, -0.05) is 30.3 Å². The van der Waals surface area contributed by atoms with E-state index in [1.165, 1.54) is 11.3 Å². The fourth-order valence-electron chi connectivity index (χ4n) is 3.16. The number of amides is 1. The van der Waals surface area contributed by atoms with Gasteiger partial charge >= 0.3 is 0 Å². The lowest BCUT2D eigenvalue weighted by atomic mass is 10.2. The first kappa shape index (κ1) is 21.2. The molecule has 0 radical (unpaired) electrons. The van der Waals surface area contributed by atoms with Crippen LogP contribution >= 0.6 is 27.3 Å². The molecule has 0 aliphatic carbocycles. The average molecular weight is 521 g/mol. The van der Waals surface area contributed by atoms with Crippen LogP contribution in [0.4, 0.5) is 10.8 Å². The number of anilines is 2. The van der Waals surface area contributed by atoms with E-state index in [1.54, 1.807) is 24.4 Å². The van der Waals surface area contributed by atoms with Crippen LogP contribution in [-0.4, -0.2) is 23.9 Å². The van der Waals surface area contributed by atoms with E-state index in [0.717, 1.165) is 32.1 Å². The number of thiazole rings is 1. The van der Waals surface area contributed by atoms with Crippen molar-refractivity contribution in [2.75, 3.05) is 12.1 Å². The molecule has 33 heavy (non-hydrogen) atoms. The summed E-state index contributed by atoms with van der Waals surface area (Å²) in [6, 6.07) is 20.7. The number of ether oxygens (including phenoxy) is 2. The number of carbonyl (C=O) groups is 1. The molecule has 1 amide bonds. The fourth-order valence-corrected chi connectivity index (χ4v) is 4.32. The number of carbonyl (C=O) groups excluding carboxylic acids is 1. The summed E-state index contributed by atoms with van der Waals surface area (Å²) in [5, 5.41) is 10.1. The number of rotatable bonds is 6. The first-order chi connectivity index (χ1) is 16.2. The summed E-state index contributed by atoms with van der Waals surface area (Å²) in [5.41, 5.74) is 6.63. The second-order valence-electron chi connectivity index (χ2n) is 7.03. The summed E-state index contributed by atoms with van der Waals surface area (Å²) in [6.45, 7) is 0.195. The number of nitrogens with one attached hydrogen (secondary N) is 2. The first-order valence-corrected chi connectivity index (χ1v) is 11.6. The zero-order valence-electron chi connectivity index (χ0n) is 17.1. The SMILES string of the molecule is O=C(N/N=C\c1cc2c(cc1Br)OCO2)c1ccc(Nc2nc(-c3ccccc3)cs2)cc1. The number of fused-ring (bicyclic) bond motifs is 1. The highest BCUT2D eigenvalue weighted by atomic mass is 79.9. The maximum absolute atomic E-state index is 12.4. The molecule has 1 aromatic heterocycles. The van der Waals surface area contributed by atoms with Crippen molar-refractivity contribution in [2.45, 2.75) is 0 Å². The van der Waals surface area contributed by atoms with Crippen molar-refractivity contribution < 1.29 is 14.3 Å². The highest BCUT2D eigenvalue weighted by Crippen LogP contribution is 2.36. The van der Waals surface area contributed by atoms with Gasteiger partial charge in [-0.2, -0.15) is 5.10 Å². The zero-order valence-corrected chi connectivity index (χ0v) is 19.5. The van der Waals surface area contributed by atoms with Crippen LogP contribution in [0, 0.1) is 0 Å². The Balaban J connectivity index is 1.20. The molecule has 0 saturated carbocycles. The predicted octanol–water partition coefficient (Wildman–Crippen LogP) is 5.81. The third kappa shape index (κ3) is 4.89. The van der Waals surface area contributed by atoms with Gasteiger partial charge in [0.1, 0.15) is 0 Å². The van der Waals surface area contributed by atoms with E-state index in [4.69, 9.17) is 9.47 Å². The summed E-state index contributed by atoms with van der Waals surface area (Å²) >= 11 is 4.99. The Kier molecular flexibility index (Phi) is 6.05. The van der Waals surface area contributed by atoms with E-state index in [0.29, 0.717) is 17.1 Å². The van der Waals surface area contributed by atoms with Crippen LogP contribution in [0.25, 0.3) is 11.3 Å². The van der Waals surface area contributed by atoms with Crippen LogP contribution in [0.3, 0.4) is 0 Å². The molecule has 0 bridgehead atoms. The third-order valence-corrected chi connectivity index (χ3v) is 6.28. The number of nitrogens with zero attached hydrogens (tertiary/aromatic N) is 2. The summed E-state index contributed by atoms with van der Waals surface area (Å²) in [7, 11) is 0. The van der Waals surface area contributed by atoms with Gasteiger partial charge in [0.15, 0.2) is 16.6 Å². The van der Waals surface area contributed by atoms with Crippen molar-refractivity contribution in [3.05, 3.63) is 87.7 Å². The standard InChI is InChI=1S/C24H17BrN4O3S/c25-19-11-22-21(31-14-32-22)10-17(19)12-26-29-23(30)16-6-8-18(9-7-16)27-24-28-20(13-33-24)15-4-2-1-3-5-15/h1-13H,14H2,(H,27,28)(H,29,30)/b26-12-. The summed E-state index contributed by atoms with van der Waals surface area (Å²) in [6.07, 6.45) is 1.55. The Morgan fingerprint density at radius 3 is 2.61 bits per heavy atom. The lowest BCUT2D eigenvalue weighted by Crippen LogP contribution is -2.17. The van der Waals surface area contributed by atoms with E-state index >= 15 is 0 Å². The van der Waals surface area contributed by atoms with Crippen molar-refractivity contribution in [1.82, 2.24) is 10.4 Å². The number of hydrogen-bond acceptors (Lipinski definition) is 7. The number of hydrogen-bond donors (Lipinski definition) is 2. The van der Waals surface area contributed by atoms with Crippen molar-refractivity contribution in [2.24, 2.45) is 5.10 Å². The lowest BCUT2D eigenvalue weighted by molar-refractivity contribution is 0.0955. The van der Waals surface area contributed by atoms with Crippen molar-refractivity contribution >= 4 is 50.2 Å². The van der Waals surface area contributed by atoms with E-state index < -0.39 is 0 Å². The van der Waals surface area contributed by atoms with Gasteiger partial charge in [0, 0.05) is 32.2 Å². The average Bonchev–Trinajstić information content (AvgIpc) is 3.49. The smallest absolute Gasteiger partial charge is 0.271 e. The molecular weight excluding hydrogens is 504 g/mol. The molecule has 3 aromatic carbocycles.